The van der Waals surface area contributed by atoms with Gasteiger partial charge in [-0.3, -0.25) is 4.98 Å². The van der Waals surface area contributed by atoms with Gasteiger partial charge < -0.3 is 10.5 Å². The smallest absolute Gasteiger partial charge is 0.140 e. The summed E-state index contributed by atoms with van der Waals surface area (Å²) < 4.78 is 5.30. The summed E-state index contributed by atoms with van der Waals surface area (Å²) in [6.07, 6.45) is 1.74. The van der Waals surface area contributed by atoms with Gasteiger partial charge in [0.15, 0.2) is 0 Å². The second kappa shape index (κ2) is 8.10. The minimum Gasteiger partial charge on any atom is -0.490 e. The normalized spacial score (nSPS) is 8.15. The molecule has 76 valence electrons. The molecule has 0 atom stereocenters. The average molecular weight is 225 g/mol. The van der Waals surface area contributed by atoms with E-state index in [4.69, 9.17) is 10.5 Å². The Morgan fingerprint density at radius 3 is 2.69 bits per heavy atom. The largest absolute Gasteiger partial charge is 0.490 e. The Labute approximate surface area is 90.5 Å². The lowest BCUT2D eigenvalue weighted by molar-refractivity contribution is 0.324. The molecule has 3 nitrogen and oxygen atoms in total. The lowest BCUT2D eigenvalue weighted by atomic mass is 10.3. The number of halogens is 2. The molecular formula is C8H14Cl2N2O. The number of nitrogens with zero attached hydrogens (tertiary/aromatic N) is 1. The summed E-state index contributed by atoms with van der Waals surface area (Å²) in [6, 6.07) is 3.73. The SMILES string of the molecule is Cc1ncccc1OCCN.Cl.Cl. The molecule has 1 aromatic heterocycles. The van der Waals surface area contributed by atoms with E-state index >= 15 is 0 Å². The summed E-state index contributed by atoms with van der Waals surface area (Å²) in [5.41, 5.74) is 6.18. The maximum absolute atomic E-state index is 5.30. The van der Waals surface area contributed by atoms with E-state index in [2.05, 4.69) is 4.98 Å². The van der Waals surface area contributed by atoms with Crippen molar-refractivity contribution in [3.63, 3.8) is 0 Å². The van der Waals surface area contributed by atoms with Crippen LogP contribution in [0.5, 0.6) is 5.75 Å². The average Bonchev–Trinajstić information content (AvgIpc) is 2.03. The van der Waals surface area contributed by atoms with E-state index in [9.17, 15) is 0 Å². The molecule has 0 bridgehead atoms. The minimum absolute atomic E-state index is 0. The molecule has 0 aromatic carbocycles. The fourth-order valence-corrected chi connectivity index (χ4v) is 0.791. The van der Waals surface area contributed by atoms with Gasteiger partial charge in [-0.15, -0.1) is 24.8 Å². The highest BCUT2D eigenvalue weighted by Crippen LogP contribution is 2.12. The Morgan fingerprint density at radius 2 is 2.15 bits per heavy atom. The molecule has 0 unspecified atom stereocenters. The molecule has 0 saturated carbocycles. The van der Waals surface area contributed by atoms with Crippen LogP contribution in [-0.2, 0) is 0 Å². The Hall–Kier alpha value is -0.510. The number of pyridine rings is 1. The van der Waals surface area contributed by atoms with Crippen LogP contribution in [0.3, 0.4) is 0 Å². The Bertz CT molecular complexity index is 233. The monoisotopic (exact) mass is 224 g/mol. The lowest BCUT2D eigenvalue weighted by Crippen LogP contribution is -2.11. The highest BCUT2D eigenvalue weighted by Gasteiger charge is 1.96. The van der Waals surface area contributed by atoms with E-state index in [-0.39, 0.29) is 24.8 Å². The molecule has 0 amide bonds. The van der Waals surface area contributed by atoms with Crippen LogP contribution in [0, 0.1) is 6.92 Å². The highest BCUT2D eigenvalue weighted by molar-refractivity contribution is 5.85. The molecule has 13 heavy (non-hydrogen) atoms. The summed E-state index contributed by atoms with van der Waals surface area (Å²) in [5.74, 6) is 0.818. The molecule has 1 rings (SSSR count). The molecule has 2 N–H and O–H groups in total. The number of ether oxygens (including phenoxy) is 1. The number of aryl methyl sites for hydroxylation is 1. The van der Waals surface area contributed by atoms with Crippen molar-refractivity contribution in [1.82, 2.24) is 4.98 Å². The Morgan fingerprint density at radius 1 is 1.46 bits per heavy atom. The summed E-state index contributed by atoms with van der Waals surface area (Å²) in [6.45, 7) is 2.99. The maximum Gasteiger partial charge on any atom is 0.140 e. The van der Waals surface area contributed by atoms with Crippen molar-refractivity contribution in [2.24, 2.45) is 5.73 Å². The summed E-state index contributed by atoms with van der Waals surface area (Å²) >= 11 is 0. The molecule has 0 spiro atoms. The van der Waals surface area contributed by atoms with Gasteiger partial charge in [0.1, 0.15) is 12.4 Å². The fraction of sp³-hybridized carbons (Fsp3) is 0.375. The van der Waals surface area contributed by atoms with Gasteiger partial charge in [-0.1, -0.05) is 0 Å². The maximum atomic E-state index is 5.30. The standard InChI is InChI=1S/C8H12N2O.2ClH/c1-7-8(11-6-4-9)3-2-5-10-7;;/h2-3,5H,4,6,9H2,1H3;2*1H. The van der Waals surface area contributed by atoms with Crippen LogP contribution >= 0.6 is 24.8 Å². The van der Waals surface area contributed by atoms with Crippen molar-refractivity contribution in [1.29, 1.82) is 0 Å². The summed E-state index contributed by atoms with van der Waals surface area (Å²) in [4.78, 5) is 4.07. The van der Waals surface area contributed by atoms with E-state index in [0.29, 0.717) is 13.2 Å². The van der Waals surface area contributed by atoms with Crippen LogP contribution in [-0.4, -0.2) is 18.1 Å². The predicted molar refractivity (Wildman–Crippen MR) is 58.0 cm³/mol. The van der Waals surface area contributed by atoms with Gasteiger partial charge in [0.25, 0.3) is 0 Å². The molecule has 5 heteroatoms. The van der Waals surface area contributed by atoms with Crippen LogP contribution in [0.25, 0.3) is 0 Å². The van der Waals surface area contributed by atoms with Crippen LogP contribution in [0.1, 0.15) is 5.69 Å². The molecule has 0 aliphatic carbocycles. The Balaban J connectivity index is 0. The topological polar surface area (TPSA) is 48.1 Å². The Kier molecular flexibility index (Phi) is 9.34. The second-order valence-electron chi connectivity index (χ2n) is 2.22. The molecular weight excluding hydrogens is 211 g/mol. The van der Waals surface area contributed by atoms with Gasteiger partial charge in [0.05, 0.1) is 5.69 Å². The van der Waals surface area contributed by atoms with Crippen LogP contribution < -0.4 is 10.5 Å². The predicted octanol–water partition coefficient (Wildman–Crippen LogP) is 1.57. The van der Waals surface area contributed by atoms with Crippen LogP contribution in [0.2, 0.25) is 0 Å². The third-order valence-corrected chi connectivity index (χ3v) is 1.33. The van der Waals surface area contributed by atoms with Crippen molar-refractivity contribution < 1.29 is 4.74 Å². The van der Waals surface area contributed by atoms with Gasteiger partial charge in [0, 0.05) is 12.7 Å². The summed E-state index contributed by atoms with van der Waals surface area (Å²) in [7, 11) is 0. The zero-order chi connectivity index (χ0) is 8.10. The minimum atomic E-state index is 0. The van der Waals surface area contributed by atoms with Gasteiger partial charge in [-0.05, 0) is 19.1 Å². The fourth-order valence-electron chi connectivity index (χ4n) is 0.791. The molecule has 0 aliphatic heterocycles. The van der Waals surface area contributed by atoms with E-state index in [0.717, 1.165) is 11.4 Å². The van der Waals surface area contributed by atoms with Crippen LogP contribution in [0.4, 0.5) is 0 Å². The lowest BCUT2D eigenvalue weighted by Gasteiger charge is -2.05. The third-order valence-electron chi connectivity index (χ3n) is 1.33. The van der Waals surface area contributed by atoms with Crippen LogP contribution in [0.15, 0.2) is 18.3 Å². The van der Waals surface area contributed by atoms with E-state index < -0.39 is 0 Å². The van der Waals surface area contributed by atoms with Gasteiger partial charge >= 0.3 is 0 Å². The third kappa shape index (κ3) is 4.93. The zero-order valence-electron chi connectivity index (χ0n) is 7.40. The van der Waals surface area contributed by atoms with Crippen molar-refractivity contribution in [2.45, 2.75) is 6.92 Å². The zero-order valence-corrected chi connectivity index (χ0v) is 9.03. The van der Waals surface area contributed by atoms with Crippen molar-refractivity contribution >= 4 is 24.8 Å². The molecule has 0 fully saturated rings. The number of aromatic nitrogens is 1. The van der Waals surface area contributed by atoms with Gasteiger partial charge in [-0.25, -0.2) is 0 Å². The van der Waals surface area contributed by atoms with E-state index in [1.165, 1.54) is 0 Å². The quantitative estimate of drug-likeness (QED) is 0.849. The second-order valence-corrected chi connectivity index (χ2v) is 2.22. The molecule has 1 heterocycles. The first-order valence-electron chi connectivity index (χ1n) is 3.59. The number of hydrogen-bond acceptors (Lipinski definition) is 3. The first kappa shape index (κ1) is 15.0. The van der Waals surface area contributed by atoms with E-state index in [1.807, 2.05) is 19.1 Å². The van der Waals surface area contributed by atoms with Crippen molar-refractivity contribution in [3.05, 3.63) is 24.0 Å². The van der Waals surface area contributed by atoms with Gasteiger partial charge in [-0.2, -0.15) is 0 Å². The highest BCUT2D eigenvalue weighted by atomic mass is 35.5. The van der Waals surface area contributed by atoms with Gasteiger partial charge in [0.2, 0.25) is 0 Å². The molecule has 0 radical (unpaired) electrons. The number of rotatable bonds is 3. The molecule has 0 aliphatic rings. The van der Waals surface area contributed by atoms with Crippen molar-refractivity contribution in [3.8, 4) is 5.75 Å². The van der Waals surface area contributed by atoms with Crippen molar-refractivity contribution in [2.75, 3.05) is 13.2 Å². The first-order chi connectivity index (χ1) is 5.34. The number of nitrogens with two attached hydrogens (primary N) is 1. The first-order valence-corrected chi connectivity index (χ1v) is 3.59. The molecule has 0 saturated heterocycles. The molecule has 1 aromatic rings. The number of hydrogen-bond donors (Lipinski definition) is 1. The summed E-state index contributed by atoms with van der Waals surface area (Å²) in [5, 5.41) is 0. The van der Waals surface area contributed by atoms with E-state index in [1.54, 1.807) is 6.20 Å².